The van der Waals surface area contributed by atoms with Crippen LogP contribution in [0.15, 0.2) is 30.3 Å². The minimum Gasteiger partial charge on any atom is -0.460 e. The average Bonchev–Trinajstić information content (AvgIpc) is 2.70. The van der Waals surface area contributed by atoms with E-state index in [9.17, 15) is 4.79 Å². The second-order valence-corrected chi connectivity index (χ2v) is 6.63. The monoisotopic (exact) mass is 275 g/mol. The number of hydrogen-bond acceptors (Lipinski definition) is 3. The van der Waals surface area contributed by atoms with Crippen LogP contribution >= 0.6 is 0 Å². The summed E-state index contributed by atoms with van der Waals surface area (Å²) in [5.41, 5.74) is 0.896. The van der Waals surface area contributed by atoms with E-state index in [2.05, 4.69) is 36.1 Å². The average molecular weight is 275 g/mol. The molecule has 0 aliphatic carbocycles. The Morgan fingerprint density at radius 1 is 1.30 bits per heavy atom. The Kier molecular flexibility index (Phi) is 4.48. The lowest BCUT2D eigenvalue weighted by molar-refractivity contribution is -0.160. The summed E-state index contributed by atoms with van der Waals surface area (Å²) in [6, 6.07) is 10.6. The number of ether oxygens (including phenoxy) is 1. The minimum atomic E-state index is -0.399. The second-order valence-electron chi connectivity index (χ2n) is 6.63. The first kappa shape index (κ1) is 15.0. The Hall–Kier alpha value is -1.35. The maximum atomic E-state index is 12.2. The molecule has 0 saturated carbocycles. The smallest absolute Gasteiger partial charge is 0.311 e. The molecule has 1 aromatic rings. The summed E-state index contributed by atoms with van der Waals surface area (Å²) in [6.45, 7) is 9.76. The number of hydrogen-bond donors (Lipinski definition) is 0. The molecule has 1 fully saturated rings. The molecule has 1 aliphatic heterocycles. The van der Waals surface area contributed by atoms with Crippen molar-refractivity contribution >= 4 is 5.97 Å². The van der Waals surface area contributed by atoms with Gasteiger partial charge in [-0.2, -0.15) is 0 Å². The molecule has 1 heterocycles. The van der Waals surface area contributed by atoms with E-state index in [0.717, 1.165) is 19.5 Å². The van der Waals surface area contributed by atoms with Crippen LogP contribution < -0.4 is 0 Å². The lowest BCUT2D eigenvalue weighted by atomic mass is 10.0. The maximum absolute atomic E-state index is 12.2. The third-order valence-corrected chi connectivity index (χ3v) is 3.82. The van der Waals surface area contributed by atoms with Gasteiger partial charge in [0, 0.05) is 12.6 Å². The van der Waals surface area contributed by atoms with Gasteiger partial charge in [0.15, 0.2) is 0 Å². The van der Waals surface area contributed by atoms with Gasteiger partial charge in [-0.05, 0) is 46.2 Å². The highest BCUT2D eigenvalue weighted by Crippen LogP contribution is 2.28. The molecule has 20 heavy (non-hydrogen) atoms. The van der Waals surface area contributed by atoms with E-state index in [1.807, 2.05) is 26.8 Å². The SMILES string of the molecule is C[C@@H]1[C@H](C(=O)OC(C)(C)C)CCN1Cc1ccccc1. The van der Waals surface area contributed by atoms with Gasteiger partial charge >= 0.3 is 5.97 Å². The van der Waals surface area contributed by atoms with Crippen molar-refractivity contribution in [3.63, 3.8) is 0 Å². The van der Waals surface area contributed by atoms with Crippen LogP contribution in [0.1, 0.15) is 39.7 Å². The van der Waals surface area contributed by atoms with Crippen molar-refractivity contribution in [2.75, 3.05) is 6.54 Å². The zero-order valence-corrected chi connectivity index (χ0v) is 12.9. The van der Waals surface area contributed by atoms with Crippen LogP contribution in [-0.4, -0.2) is 29.1 Å². The standard InChI is InChI=1S/C17H25NO2/c1-13-15(16(19)20-17(2,3)4)10-11-18(13)12-14-8-6-5-7-9-14/h5-9,13,15H,10-12H2,1-4H3/t13-,15-/m1/s1. The van der Waals surface area contributed by atoms with Crippen molar-refractivity contribution < 1.29 is 9.53 Å². The summed E-state index contributed by atoms with van der Waals surface area (Å²) in [4.78, 5) is 14.6. The van der Waals surface area contributed by atoms with Gasteiger partial charge in [-0.1, -0.05) is 30.3 Å². The molecule has 0 aromatic heterocycles. The van der Waals surface area contributed by atoms with Gasteiger partial charge in [-0.25, -0.2) is 0 Å². The molecular weight excluding hydrogens is 250 g/mol. The fourth-order valence-corrected chi connectivity index (χ4v) is 2.74. The Balaban J connectivity index is 1.95. The molecule has 2 atom stereocenters. The summed E-state index contributed by atoms with van der Waals surface area (Å²) in [5.74, 6) is -0.0569. The van der Waals surface area contributed by atoms with Crippen molar-refractivity contribution in [2.24, 2.45) is 5.92 Å². The van der Waals surface area contributed by atoms with Crippen LogP contribution in [0.25, 0.3) is 0 Å². The molecule has 0 spiro atoms. The highest BCUT2D eigenvalue weighted by molar-refractivity contribution is 5.74. The van der Waals surface area contributed by atoms with Gasteiger partial charge in [0.05, 0.1) is 5.92 Å². The number of benzene rings is 1. The van der Waals surface area contributed by atoms with Crippen molar-refractivity contribution in [3.05, 3.63) is 35.9 Å². The van der Waals surface area contributed by atoms with Gasteiger partial charge in [0.25, 0.3) is 0 Å². The van der Waals surface area contributed by atoms with Gasteiger partial charge in [-0.15, -0.1) is 0 Å². The summed E-state index contributed by atoms with van der Waals surface area (Å²) in [6.07, 6.45) is 0.892. The molecule has 0 radical (unpaired) electrons. The first-order chi connectivity index (χ1) is 9.37. The summed E-state index contributed by atoms with van der Waals surface area (Å²) in [5, 5.41) is 0. The van der Waals surface area contributed by atoms with Crippen molar-refractivity contribution in [1.29, 1.82) is 0 Å². The molecular formula is C17H25NO2. The summed E-state index contributed by atoms with van der Waals surface area (Å²) >= 11 is 0. The van der Waals surface area contributed by atoms with Crippen molar-refractivity contribution in [2.45, 2.75) is 52.3 Å². The quantitative estimate of drug-likeness (QED) is 0.793. The van der Waals surface area contributed by atoms with E-state index in [-0.39, 0.29) is 17.9 Å². The Morgan fingerprint density at radius 3 is 2.55 bits per heavy atom. The lowest BCUT2D eigenvalue weighted by Crippen LogP contribution is -2.36. The number of carbonyl (C=O) groups is 1. The predicted octanol–water partition coefficient (Wildman–Crippen LogP) is 3.24. The first-order valence-corrected chi connectivity index (χ1v) is 7.37. The third-order valence-electron chi connectivity index (χ3n) is 3.82. The molecule has 110 valence electrons. The molecule has 3 nitrogen and oxygen atoms in total. The molecule has 0 unspecified atom stereocenters. The molecule has 0 N–H and O–H groups in total. The van der Waals surface area contributed by atoms with E-state index in [4.69, 9.17) is 4.74 Å². The lowest BCUT2D eigenvalue weighted by Gasteiger charge is -2.26. The largest absolute Gasteiger partial charge is 0.460 e. The summed E-state index contributed by atoms with van der Waals surface area (Å²) in [7, 11) is 0. The fraction of sp³-hybridized carbons (Fsp3) is 0.588. The van der Waals surface area contributed by atoms with Crippen LogP contribution in [0.4, 0.5) is 0 Å². The highest BCUT2D eigenvalue weighted by atomic mass is 16.6. The Bertz CT molecular complexity index is 450. The van der Waals surface area contributed by atoms with E-state index in [1.165, 1.54) is 5.56 Å². The van der Waals surface area contributed by atoms with E-state index < -0.39 is 5.60 Å². The normalized spacial score (nSPS) is 23.8. The fourth-order valence-electron chi connectivity index (χ4n) is 2.74. The van der Waals surface area contributed by atoms with Crippen LogP contribution in [0, 0.1) is 5.92 Å². The molecule has 1 aromatic carbocycles. The molecule has 0 amide bonds. The molecule has 1 aliphatic rings. The number of rotatable bonds is 3. The third kappa shape index (κ3) is 3.83. The molecule has 0 bridgehead atoms. The molecule has 1 saturated heterocycles. The van der Waals surface area contributed by atoms with Gasteiger partial charge in [0.1, 0.15) is 5.60 Å². The maximum Gasteiger partial charge on any atom is 0.311 e. The second kappa shape index (κ2) is 5.96. The van der Waals surface area contributed by atoms with E-state index >= 15 is 0 Å². The predicted molar refractivity (Wildman–Crippen MR) is 80.3 cm³/mol. The van der Waals surface area contributed by atoms with Gasteiger partial charge < -0.3 is 4.74 Å². The van der Waals surface area contributed by atoms with Crippen molar-refractivity contribution in [1.82, 2.24) is 4.90 Å². The van der Waals surface area contributed by atoms with Crippen LogP contribution in [0.2, 0.25) is 0 Å². The number of esters is 1. The molecule has 2 rings (SSSR count). The first-order valence-electron chi connectivity index (χ1n) is 7.37. The number of carbonyl (C=O) groups excluding carboxylic acids is 1. The topological polar surface area (TPSA) is 29.5 Å². The Morgan fingerprint density at radius 2 is 1.95 bits per heavy atom. The minimum absolute atomic E-state index is 0.00191. The number of nitrogens with zero attached hydrogens (tertiary/aromatic N) is 1. The molecule has 3 heteroatoms. The van der Waals surface area contributed by atoms with Crippen LogP contribution in [0.5, 0.6) is 0 Å². The van der Waals surface area contributed by atoms with Crippen molar-refractivity contribution in [3.8, 4) is 0 Å². The van der Waals surface area contributed by atoms with Crippen LogP contribution in [0.3, 0.4) is 0 Å². The van der Waals surface area contributed by atoms with E-state index in [0.29, 0.717) is 0 Å². The van der Waals surface area contributed by atoms with Gasteiger partial charge in [0.2, 0.25) is 0 Å². The van der Waals surface area contributed by atoms with E-state index in [1.54, 1.807) is 0 Å². The highest BCUT2D eigenvalue weighted by Gasteiger charge is 2.37. The van der Waals surface area contributed by atoms with Gasteiger partial charge in [-0.3, -0.25) is 9.69 Å². The zero-order valence-electron chi connectivity index (χ0n) is 12.9. The summed E-state index contributed by atoms with van der Waals surface area (Å²) < 4.78 is 5.52. The Labute approximate surface area is 121 Å². The zero-order chi connectivity index (χ0) is 14.8. The number of likely N-dealkylation sites (tertiary alicyclic amines) is 1. The van der Waals surface area contributed by atoms with Crippen LogP contribution in [-0.2, 0) is 16.1 Å².